The minimum absolute atomic E-state index is 0.332. The van der Waals surface area contributed by atoms with Crippen molar-refractivity contribution in [3.8, 4) is 0 Å². The van der Waals surface area contributed by atoms with Gasteiger partial charge >= 0.3 is 5.97 Å². The summed E-state index contributed by atoms with van der Waals surface area (Å²) >= 11 is 1.20. The Hall–Kier alpha value is -2.73. The number of hydrogen-bond acceptors (Lipinski definition) is 4. The number of carbonyl (C=O) groups is 2. The Morgan fingerprint density at radius 3 is 2.62 bits per heavy atom. The summed E-state index contributed by atoms with van der Waals surface area (Å²) in [6, 6.07) is 13.1. The first kappa shape index (κ1) is 16.1. The number of thiophene rings is 1. The van der Waals surface area contributed by atoms with Gasteiger partial charge < -0.3 is 10.1 Å². The normalized spacial score (nSPS) is 10.6. The largest absolute Gasteiger partial charge is 0.451 e. The van der Waals surface area contributed by atoms with Crippen molar-refractivity contribution in [3.63, 3.8) is 0 Å². The molecule has 0 fully saturated rings. The lowest BCUT2D eigenvalue weighted by molar-refractivity contribution is -0.119. The van der Waals surface area contributed by atoms with Crippen LogP contribution in [0.3, 0.4) is 0 Å². The monoisotopic (exact) mass is 343 g/mol. The van der Waals surface area contributed by atoms with Gasteiger partial charge in [-0.3, -0.25) is 4.79 Å². The van der Waals surface area contributed by atoms with Crippen molar-refractivity contribution in [3.05, 3.63) is 64.8 Å². The topological polar surface area (TPSA) is 55.4 Å². The first-order valence-corrected chi connectivity index (χ1v) is 8.06. The second-order valence-electron chi connectivity index (χ2n) is 5.28. The van der Waals surface area contributed by atoms with Crippen LogP contribution in [0.5, 0.6) is 0 Å². The lowest BCUT2D eigenvalue weighted by Crippen LogP contribution is -2.20. The number of fused-ring (bicyclic) bond motifs is 1. The molecule has 24 heavy (non-hydrogen) atoms. The Labute approximate surface area is 141 Å². The fourth-order valence-electron chi connectivity index (χ4n) is 2.15. The van der Waals surface area contributed by atoms with E-state index in [1.807, 2.05) is 19.1 Å². The summed E-state index contributed by atoms with van der Waals surface area (Å²) in [6.45, 7) is 1.57. The van der Waals surface area contributed by atoms with E-state index in [9.17, 15) is 14.0 Å². The van der Waals surface area contributed by atoms with Crippen LogP contribution in [0.25, 0.3) is 10.1 Å². The van der Waals surface area contributed by atoms with Crippen LogP contribution in [0.4, 0.5) is 10.1 Å². The van der Waals surface area contributed by atoms with Crippen LogP contribution in [0.2, 0.25) is 0 Å². The van der Waals surface area contributed by atoms with Crippen molar-refractivity contribution in [2.45, 2.75) is 6.92 Å². The molecule has 1 heterocycles. The molecule has 0 aliphatic carbocycles. The summed E-state index contributed by atoms with van der Waals surface area (Å²) in [5.74, 6) is -1.38. The van der Waals surface area contributed by atoms with E-state index in [2.05, 4.69) is 5.32 Å². The van der Waals surface area contributed by atoms with E-state index in [1.54, 1.807) is 24.3 Å². The van der Waals surface area contributed by atoms with Gasteiger partial charge in [0, 0.05) is 10.4 Å². The number of hydrogen-bond donors (Lipinski definition) is 1. The lowest BCUT2D eigenvalue weighted by atomic mass is 10.2. The van der Waals surface area contributed by atoms with Gasteiger partial charge in [-0.25, -0.2) is 9.18 Å². The van der Waals surface area contributed by atoms with Gasteiger partial charge in [0.2, 0.25) is 0 Å². The molecular weight excluding hydrogens is 329 g/mol. The van der Waals surface area contributed by atoms with Gasteiger partial charge in [0.25, 0.3) is 5.91 Å². The van der Waals surface area contributed by atoms with Crippen molar-refractivity contribution in [1.82, 2.24) is 0 Å². The number of amides is 1. The minimum atomic E-state index is -0.601. The molecule has 1 aromatic heterocycles. The molecule has 0 aliphatic heterocycles. The molecule has 0 aliphatic rings. The standard InChI is InChI=1S/C18H14FNO3S/c1-11-2-5-14(6-3-11)20-17(21)10-23-18(22)16-9-12-8-13(19)4-7-15(12)24-16/h2-9H,10H2,1H3,(H,20,21). The summed E-state index contributed by atoms with van der Waals surface area (Å²) < 4.78 is 19.0. The molecule has 0 saturated carbocycles. The summed E-state index contributed by atoms with van der Waals surface area (Å²) in [6.07, 6.45) is 0. The zero-order valence-electron chi connectivity index (χ0n) is 12.8. The Morgan fingerprint density at radius 2 is 1.88 bits per heavy atom. The molecule has 4 nitrogen and oxygen atoms in total. The van der Waals surface area contributed by atoms with Gasteiger partial charge in [-0.2, -0.15) is 0 Å². The number of ether oxygens (including phenoxy) is 1. The maximum atomic E-state index is 13.2. The van der Waals surface area contributed by atoms with Crippen LogP contribution in [-0.2, 0) is 9.53 Å². The third-order valence-corrected chi connectivity index (χ3v) is 4.45. The van der Waals surface area contributed by atoms with Gasteiger partial charge in [-0.05, 0) is 48.7 Å². The molecule has 0 spiro atoms. The molecule has 0 unspecified atom stereocenters. The molecule has 0 atom stereocenters. The summed E-state index contributed by atoms with van der Waals surface area (Å²) in [7, 11) is 0. The van der Waals surface area contributed by atoms with Gasteiger partial charge in [0.15, 0.2) is 6.61 Å². The van der Waals surface area contributed by atoms with Crippen LogP contribution >= 0.6 is 11.3 Å². The molecule has 0 saturated heterocycles. The quantitative estimate of drug-likeness (QED) is 0.724. The predicted molar refractivity (Wildman–Crippen MR) is 91.9 cm³/mol. The number of aryl methyl sites for hydroxylation is 1. The Balaban J connectivity index is 1.59. The average Bonchev–Trinajstić information content (AvgIpc) is 2.98. The van der Waals surface area contributed by atoms with E-state index < -0.39 is 11.9 Å². The SMILES string of the molecule is Cc1ccc(NC(=O)COC(=O)c2cc3cc(F)ccc3s2)cc1. The molecule has 0 radical (unpaired) electrons. The Bertz CT molecular complexity index is 902. The first-order chi connectivity index (χ1) is 11.5. The number of rotatable bonds is 4. The zero-order valence-corrected chi connectivity index (χ0v) is 13.7. The lowest BCUT2D eigenvalue weighted by Gasteiger charge is -2.06. The highest BCUT2D eigenvalue weighted by Gasteiger charge is 2.14. The number of nitrogens with one attached hydrogen (secondary N) is 1. The minimum Gasteiger partial charge on any atom is -0.451 e. The van der Waals surface area contributed by atoms with Gasteiger partial charge in [0.05, 0.1) is 0 Å². The fourth-order valence-corrected chi connectivity index (χ4v) is 3.09. The van der Waals surface area contributed by atoms with Crippen molar-refractivity contribution in [2.75, 3.05) is 11.9 Å². The summed E-state index contributed by atoms with van der Waals surface area (Å²) in [5.41, 5.74) is 1.72. The summed E-state index contributed by atoms with van der Waals surface area (Å²) in [5, 5.41) is 3.28. The zero-order chi connectivity index (χ0) is 17.1. The van der Waals surface area contributed by atoms with Gasteiger partial charge in [-0.15, -0.1) is 11.3 Å². The molecule has 2 aromatic carbocycles. The number of esters is 1. The van der Waals surface area contributed by atoms with Crippen molar-refractivity contribution in [2.24, 2.45) is 0 Å². The third kappa shape index (κ3) is 3.78. The maximum absolute atomic E-state index is 13.2. The Kier molecular flexibility index (Phi) is 4.57. The van der Waals surface area contributed by atoms with E-state index in [4.69, 9.17) is 4.74 Å². The molecule has 1 N–H and O–H groups in total. The van der Waals surface area contributed by atoms with Crippen LogP contribution in [0.1, 0.15) is 15.2 Å². The predicted octanol–water partition coefficient (Wildman–Crippen LogP) is 4.14. The highest BCUT2D eigenvalue weighted by atomic mass is 32.1. The van der Waals surface area contributed by atoms with Crippen molar-refractivity contribution < 1.29 is 18.7 Å². The third-order valence-electron chi connectivity index (χ3n) is 3.35. The van der Waals surface area contributed by atoms with E-state index in [0.717, 1.165) is 10.3 Å². The number of carbonyl (C=O) groups excluding carboxylic acids is 2. The van der Waals surface area contributed by atoms with Crippen LogP contribution < -0.4 is 5.32 Å². The first-order valence-electron chi connectivity index (χ1n) is 7.24. The van der Waals surface area contributed by atoms with Gasteiger partial charge in [-0.1, -0.05) is 17.7 Å². The second-order valence-corrected chi connectivity index (χ2v) is 6.37. The fraction of sp³-hybridized carbons (Fsp3) is 0.111. The van der Waals surface area contributed by atoms with Gasteiger partial charge in [0.1, 0.15) is 10.7 Å². The molecule has 6 heteroatoms. The number of benzene rings is 2. The average molecular weight is 343 g/mol. The molecule has 3 aromatic rings. The van der Waals surface area contributed by atoms with E-state index in [-0.39, 0.29) is 12.4 Å². The van der Waals surface area contributed by atoms with Crippen molar-refractivity contribution >= 4 is 39.0 Å². The molecule has 0 bridgehead atoms. The number of anilines is 1. The van der Waals surface area contributed by atoms with E-state index in [1.165, 1.54) is 23.5 Å². The van der Waals surface area contributed by atoms with Crippen LogP contribution in [-0.4, -0.2) is 18.5 Å². The smallest absolute Gasteiger partial charge is 0.348 e. The van der Waals surface area contributed by atoms with E-state index in [0.29, 0.717) is 16.0 Å². The Morgan fingerprint density at radius 1 is 1.12 bits per heavy atom. The highest BCUT2D eigenvalue weighted by molar-refractivity contribution is 7.20. The summed E-state index contributed by atoms with van der Waals surface area (Å²) in [4.78, 5) is 24.2. The van der Waals surface area contributed by atoms with Crippen LogP contribution in [0.15, 0.2) is 48.5 Å². The number of halogens is 1. The maximum Gasteiger partial charge on any atom is 0.348 e. The second kappa shape index (κ2) is 6.80. The highest BCUT2D eigenvalue weighted by Crippen LogP contribution is 2.26. The van der Waals surface area contributed by atoms with Crippen LogP contribution in [0, 0.1) is 12.7 Å². The van der Waals surface area contributed by atoms with E-state index >= 15 is 0 Å². The molecule has 122 valence electrons. The molecule has 3 rings (SSSR count). The van der Waals surface area contributed by atoms with Crippen molar-refractivity contribution in [1.29, 1.82) is 0 Å². The molecular formula is C18H14FNO3S. The molecule has 1 amide bonds.